The summed E-state index contributed by atoms with van der Waals surface area (Å²) in [6.45, 7) is 0.721. The molecule has 3 N–H and O–H groups in total. The molecule has 1 fully saturated rings. The summed E-state index contributed by atoms with van der Waals surface area (Å²) in [5, 5.41) is 2.42. The summed E-state index contributed by atoms with van der Waals surface area (Å²) in [6.07, 6.45) is 2.09. The van der Waals surface area contributed by atoms with Crippen LogP contribution in [0, 0.1) is 5.92 Å². The number of primary amides is 1. The van der Waals surface area contributed by atoms with Gasteiger partial charge in [-0.05, 0) is 18.8 Å². The Bertz CT molecular complexity index is 394. The number of carbonyl (C=O) groups is 4. The normalized spacial score (nSPS) is 20.5. The van der Waals surface area contributed by atoms with Crippen molar-refractivity contribution in [3.8, 4) is 0 Å². The average Bonchev–Trinajstić information content (AvgIpc) is 2.33. The van der Waals surface area contributed by atoms with E-state index in [1.165, 1.54) is 6.92 Å². The highest BCUT2D eigenvalue weighted by Gasteiger charge is 2.32. The number of amides is 2. The number of nitrogens with one attached hydrogen (secondary N) is 1. The summed E-state index contributed by atoms with van der Waals surface area (Å²) in [5.74, 6) is -2.08. The van der Waals surface area contributed by atoms with Crippen molar-refractivity contribution < 1.29 is 23.9 Å². The van der Waals surface area contributed by atoms with Crippen molar-refractivity contribution in [2.75, 3.05) is 6.61 Å². The van der Waals surface area contributed by atoms with Gasteiger partial charge in [0, 0.05) is 19.8 Å². The lowest BCUT2D eigenvalue weighted by Gasteiger charge is -2.27. The van der Waals surface area contributed by atoms with E-state index in [9.17, 15) is 19.2 Å². The highest BCUT2D eigenvalue weighted by Crippen LogP contribution is 2.24. The van der Waals surface area contributed by atoms with Gasteiger partial charge in [-0.3, -0.25) is 19.2 Å². The molecule has 0 aromatic rings. The fourth-order valence-electron chi connectivity index (χ4n) is 2.15. The number of ether oxygens (including phenoxy) is 1. The molecular weight excluding hydrogens is 252 g/mol. The lowest BCUT2D eigenvalue weighted by atomic mass is 9.83. The van der Waals surface area contributed by atoms with Crippen LogP contribution in [-0.4, -0.2) is 36.2 Å². The van der Waals surface area contributed by atoms with Gasteiger partial charge in [0.1, 0.15) is 11.8 Å². The molecule has 0 bridgehead atoms. The standard InChI is InChI=1S/C12H18N2O5/c1-7(15)19-6-10(17)14-11(12(13)18)8-3-2-4-9(16)5-8/h8,11H,2-6H2,1H3,(H2,13,18)(H,14,17)/t8-,11+/m1/s1. The molecule has 0 spiro atoms. The van der Waals surface area contributed by atoms with Crippen molar-refractivity contribution in [1.82, 2.24) is 5.32 Å². The van der Waals surface area contributed by atoms with Crippen LogP contribution in [0.4, 0.5) is 0 Å². The second kappa shape index (κ2) is 6.86. The van der Waals surface area contributed by atoms with Gasteiger partial charge in [-0.2, -0.15) is 0 Å². The molecule has 2 atom stereocenters. The van der Waals surface area contributed by atoms with E-state index in [1.54, 1.807) is 0 Å². The molecule has 7 nitrogen and oxygen atoms in total. The number of ketones is 1. The maximum absolute atomic E-state index is 11.5. The molecule has 1 saturated carbocycles. The zero-order valence-electron chi connectivity index (χ0n) is 10.8. The number of hydrogen-bond acceptors (Lipinski definition) is 5. The van der Waals surface area contributed by atoms with Crippen molar-refractivity contribution in [3.63, 3.8) is 0 Å². The molecule has 2 amide bonds. The molecule has 0 heterocycles. The van der Waals surface area contributed by atoms with E-state index in [-0.39, 0.29) is 18.1 Å². The van der Waals surface area contributed by atoms with Gasteiger partial charge in [0.05, 0.1) is 0 Å². The summed E-state index contributed by atoms with van der Waals surface area (Å²) in [6, 6.07) is -0.896. The van der Waals surface area contributed by atoms with E-state index in [4.69, 9.17) is 5.73 Å². The van der Waals surface area contributed by atoms with Crippen LogP contribution in [0.5, 0.6) is 0 Å². The number of nitrogens with two attached hydrogens (primary N) is 1. The average molecular weight is 270 g/mol. The smallest absolute Gasteiger partial charge is 0.303 e. The van der Waals surface area contributed by atoms with Gasteiger partial charge in [0.2, 0.25) is 5.91 Å². The van der Waals surface area contributed by atoms with E-state index >= 15 is 0 Å². The van der Waals surface area contributed by atoms with Crippen LogP contribution in [0.3, 0.4) is 0 Å². The summed E-state index contributed by atoms with van der Waals surface area (Å²) in [5.41, 5.74) is 5.24. The number of hydrogen-bond donors (Lipinski definition) is 2. The predicted octanol–water partition coefficient (Wildman–Crippen LogP) is -0.721. The quantitative estimate of drug-likeness (QED) is 0.639. The van der Waals surface area contributed by atoms with Crippen molar-refractivity contribution in [1.29, 1.82) is 0 Å². The van der Waals surface area contributed by atoms with Gasteiger partial charge in [-0.1, -0.05) is 0 Å². The zero-order valence-corrected chi connectivity index (χ0v) is 10.8. The number of Topliss-reactive ketones (excluding diaryl/α,β-unsaturated/α-hetero) is 1. The third kappa shape index (κ3) is 5.07. The van der Waals surface area contributed by atoms with Gasteiger partial charge in [0.15, 0.2) is 6.61 Å². The van der Waals surface area contributed by atoms with Gasteiger partial charge in [-0.25, -0.2) is 0 Å². The Morgan fingerprint density at radius 2 is 2.16 bits per heavy atom. The predicted molar refractivity (Wildman–Crippen MR) is 64.7 cm³/mol. The van der Waals surface area contributed by atoms with Gasteiger partial charge >= 0.3 is 5.97 Å². The molecule has 0 aromatic heterocycles. The third-order valence-corrected chi connectivity index (χ3v) is 3.02. The largest absolute Gasteiger partial charge is 0.456 e. The molecule has 0 aliphatic heterocycles. The topological polar surface area (TPSA) is 116 Å². The van der Waals surface area contributed by atoms with Gasteiger partial charge < -0.3 is 15.8 Å². The van der Waals surface area contributed by atoms with E-state index in [1.807, 2.05) is 0 Å². The monoisotopic (exact) mass is 270 g/mol. The highest BCUT2D eigenvalue weighted by molar-refractivity contribution is 5.89. The zero-order chi connectivity index (χ0) is 14.4. The fraction of sp³-hybridized carbons (Fsp3) is 0.667. The lowest BCUT2D eigenvalue weighted by molar-refractivity contribution is -0.147. The Kier molecular flexibility index (Phi) is 5.47. The number of esters is 1. The van der Waals surface area contributed by atoms with Crippen LogP contribution in [-0.2, 0) is 23.9 Å². The van der Waals surface area contributed by atoms with Crippen LogP contribution in [0.2, 0.25) is 0 Å². The van der Waals surface area contributed by atoms with E-state index in [0.717, 1.165) is 0 Å². The molecule has 1 aliphatic carbocycles. The van der Waals surface area contributed by atoms with Crippen molar-refractivity contribution >= 4 is 23.6 Å². The molecule has 0 saturated heterocycles. The molecule has 0 radical (unpaired) electrons. The highest BCUT2D eigenvalue weighted by atomic mass is 16.5. The van der Waals surface area contributed by atoms with Gasteiger partial charge in [0.25, 0.3) is 5.91 Å². The van der Waals surface area contributed by atoms with E-state index in [0.29, 0.717) is 19.3 Å². The van der Waals surface area contributed by atoms with Crippen LogP contribution in [0.25, 0.3) is 0 Å². The molecule has 0 unspecified atom stereocenters. The van der Waals surface area contributed by atoms with Crippen LogP contribution >= 0.6 is 0 Å². The van der Waals surface area contributed by atoms with Gasteiger partial charge in [-0.15, -0.1) is 0 Å². The molecule has 1 aliphatic rings. The Morgan fingerprint density at radius 1 is 1.47 bits per heavy atom. The maximum Gasteiger partial charge on any atom is 0.303 e. The van der Waals surface area contributed by atoms with Crippen LogP contribution in [0.1, 0.15) is 32.6 Å². The van der Waals surface area contributed by atoms with Crippen molar-refractivity contribution in [3.05, 3.63) is 0 Å². The summed E-state index contributed by atoms with van der Waals surface area (Å²) in [4.78, 5) is 44.8. The SMILES string of the molecule is CC(=O)OCC(=O)N[C@H](C(N)=O)[C@@H]1CCCC(=O)C1. The minimum absolute atomic E-state index is 0.0664. The molecular formula is C12H18N2O5. The van der Waals surface area contributed by atoms with Crippen molar-refractivity contribution in [2.24, 2.45) is 11.7 Å². The first-order chi connectivity index (χ1) is 8.90. The molecule has 0 aromatic carbocycles. The minimum Gasteiger partial charge on any atom is -0.456 e. The van der Waals surface area contributed by atoms with E-state index in [2.05, 4.69) is 10.1 Å². The molecule has 106 valence electrons. The number of rotatable bonds is 5. The number of carbonyl (C=O) groups excluding carboxylic acids is 4. The summed E-state index contributed by atoms with van der Waals surface area (Å²) >= 11 is 0. The third-order valence-electron chi connectivity index (χ3n) is 3.02. The first kappa shape index (κ1) is 15.1. The van der Waals surface area contributed by atoms with Crippen LogP contribution in [0.15, 0.2) is 0 Å². The Labute approximate surface area is 110 Å². The van der Waals surface area contributed by atoms with Crippen molar-refractivity contribution in [2.45, 2.75) is 38.6 Å². The Hall–Kier alpha value is -1.92. The second-order valence-electron chi connectivity index (χ2n) is 4.62. The maximum atomic E-state index is 11.5. The Morgan fingerprint density at radius 3 is 2.68 bits per heavy atom. The first-order valence-corrected chi connectivity index (χ1v) is 6.14. The summed E-state index contributed by atoms with van der Waals surface area (Å²) < 4.78 is 4.52. The second-order valence-corrected chi connectivity index (χ2v) is 4.62. The fourth-order valence-corrected chi connectivity index (χ4v) is 2.15. The molecule has 19 heavy (non-hydrogen) atoms. The van der Waals surface area contributed by atoms with E-state index < -0.39 is 30.4 Å². The molecule has 7 heteroatoms. The minimum atomic E-state index is -0.896. The summed E-state index contributed by atoms with van der Waals surface area (Å²) in [7, 11) is 0. The first-order valence-electron chi connectivity index (χ1n) is 6.14. The Balaban J connectivity index is 2.57. The van der Waals surface area contributed by atoms with Crippen LogP contribution < -0.4 is 11.1 Å². The molecule has 1 rings (SSSR count). The lowest BCUT2D eigenvalue weighted by Crippen LogP contribution is -2.51.